The van der Waals surface area contributed by atoms with Gasteiger partial charge in [-0.05, 0) is 12.8 Å². The smallest absolute Gasteiger partial charge is 0.224 e. The number of hydrogen-bond donors (Lipinski definition) is 0. The first kappa shape index (κ1) is 11.0. The van der Waals surface area contributed by atoms with Gasteiger partial charge in [0.2, 0.25) is 5.91 Å². The topological polar surface area (TPSA) is 44.1 Å². The number of hydrogen-bond acceptors (Lipinski definition) is 2. The molecule has 0 aliphatic carbocycles. The molecule has 0 N–H and O–H groups in total. The summed E-state index contributed by atoms with van der Waals surface area (Å²) in [7, 11) is 3.51. The number of carbonyl (C=O) groups excluding carboxylic acids is 1. The molecule has 0 aromatic heterocycles. The molecule has 0 heterocycles. The normalized spacial score (nSPS) is 11.8. The van der Waals surface area contributed by atoms with Crippen LogP contribution < -0.4 is 0 Å². The van der Waals surface area contributed by atoms with Gasteiger partial charge in [-0.1, -0.05) is 6.92 Å². The summed E-state index contributed by atoms with van der Waals surface area (Å²) in [5.41, 5.74) is 0. The van der Waals surface area contributed by atoms with Crippen molar-refractivity contribution in [3.05, 3.63) is 0 Å². The molecule has 0 saturated heterocycles. The van der Waals surface area contributed by atoms with Gasteiger partial charge in [0.1, 0.15) is 0 Å². The molecule has 0 fully saturated rings. The maximum atomic E-state index is 11.3. The van der Waals surface area contributed by atoms with Crippen LogP contribution in [0.2, 0.25) is 0 Å². The van der Waals surface area contributed by atoms with Crippen molar-refractivity contribution in [3.63, 3.8) is 0 Å². The number of rotatable bonds is 4. The minimum Gasteiger partial charge on any atom is -0.349 e. The second-order valence-corrected chi connectivity index (χ2v) is 3.18. The molecule has 1 unspecified atom stereocenters. The Hall–Kier alpha value is -1.04. The van der Waals surface area contributed by atoms with Crippen LogP contribution in [0, 0.1) is 17.2 Å². The van der Waals surface area contributed by atoms with Crippen molar-refractivity contribution in [1.29, 1.82) is 5.26 Å². The Morgan fingerprint density at radius 1 is 1.58 bits per heavy atom. The van der Waals surface area contributed by atoms with Crippen LogP contribution in [0.3, 0.4) is 0 Å². The molecule has 12 heavy (non-hydrogen) atoms. The van der Waals surface area contributed by atoms with Gasteiger partial charge in [0, 0.05) is 26.4 Å². The average Bonchev–Trinajstić information content (AvgIpc) is 2.03. The number of amides is 1. The van der Waals surface area contributed by atoms with E-state index in [1.54, 1.807) is 19.0 Å². The second kappa shape index (κ2) is 5.59. The van der Waals surface area contributed by atoms with Gasteiger partial charge in [0.15, 0.2) is 0 Å². The summed E-state index contributed by atoms with van der Waals surface area (Å²) in [6.45, 7) is 1.90. The number of nitriles is 1. The second-order valence-electron chi connectivity index (χ2n) is 3.18. The first-order chi connectivity index (χ1) is 5.59. The quantitative estimate of drug-likeness (QED) is 0.596. The van der Waals surface area contributed by atoms with Crippen LogP contribution >= 0.6 is 0 Å². The molecular formula is C9H16N2O. The van der Waals surface area contributed by atoms with Gasteiger partial charge in [-0.25, -0.2) is 0 Å². The van der Waals surface area contributed by atoms with E-state index >= 15 is 0 Å². The zero-order valence-electron chi connectivity index (χ0n) is 8.00. The standard InChI is InChI=1S/C9H16N2O/c1-8(6-4-5-7-10)9(12)11(2)3/h8H,4-6H2,1-3H3. The molecule has 0 spiro atoms. The van der Waals surface area contributed by atoms with E-state index < -0.39 is 0 Å². The largest absolute Gasteiger partial charge is 0.349 e. The highest BCUT2D eigenvalue weighted by Crippen LogP contribution is 2.09. The third-order valence-corrected chi connectivity index (χ3v) is 1.79. The monoisotopic (exact) mass is 168 g/mol. The van der Waals surface area contributed by atoms with E-state index in [4.69, 9.17) is 5.26 Å². The highest BCUT2D eigenvalue weighted by atomic mass is 16.2. The Morgan fingerprint density at radius 3 is 2.58 bits per heavy atom. The summed E-state index contributed by atoms with van der Waals surface area (Å²) in [6, 6.07) is 2.07. The van der Waals surface area contributed by atoms with E-state index in [2.05, 4.69) is 6.07 Å². The van der Waals surface area contributed by atoms with E-state index in [0.717, 1.165) is 12.8 Å². The summed E-state index contributed by atoms with van der Waals surface area (Å²) in [5, 5.41) is 8.28. The van der Waals surface area contributed by atoms with Crippen LogP contribution in [0.4, 0.5) is 0 Å². The van der Waals surface area contributed by atoms with E-state index in [1.807, 2.05) is 6.92 Å². The lowest BCUT2D eigenvalue weighted by Crippen LogP contribution is -2.27. The van der Waals surface area contributed by atoms with Crippen molar-refractivity contribution in [2.75, 3.05) is 14.1 Å². The number of carbonyl (C=O) groups is 1. The van der Waals surface area contributed by atoms with Crippen molar-refractivity contribution in [2.24, 2.45) is 5.92 Å². The Morgan fingerprint density at radius 2 is 2.17 bits per heavy atom. The fourth-order valence-electron chi connectivity index (χ4n) is 1.05. The van der Waals surface area contributed by atoms with Gasteiger partial charge in [0.25, 0.3) is 0 Å². The fourth-order valence-corrected chi connectivity index (χ4v) is 1.05. The van der Waals surface area contributed by atoms with Crippen LogP contribution in [0.25, 0.3) is 0 Å². The lowest BCUT2D eigenvalue weighted by atomic mass is 10.0. The number of nitrogens with zero attached hydrogens (tertiary/aromatic N) is 2. The lowest BCUT2D eigenvalue weighted by Gasteiger charge is -2.15. The molecule has 0 saturated carbocycles. The highest BCUT2D eigenvalue weighted by Gasteiger charge is 2.13. The van der Waals surface area contributed by atoms with Crippen molar-refractivity contribution >= 4 is 5.91 Å². The Balaban J connectivity index is 3.66. The zero-order chi connectivity index (χ0) is 9.56. The number of unbranched alkanes of at least 4 members (excludes halogenated alkanes) is 1. The molecule has 3 nitrogen and oxygen atoms in total. The maximum absolute atomic E-state index is 11.3. The molecule has 0 aromatic rings. The predicted octanol–water partition coefficient (Wildman–Crippen LogP) is 1.40. The zero-order valence-corrected chi connectivity index (χ0v) is 8.00. The molecule has 0 aliphatic rings. The first-order valence-electron chi connectivity index (χ1n) is 4.17. The molecule has 0 rings (SSSR count). The van der Waals surface area contributed by atoms with Gasteiger partial charge in [0.05, 0.1) is 6.07 Å². The summed E-state index contributed by atoms with van der Waals surface area (Å²) < 4.78 is 0. The highest BCUT2D eigenvalue weighted by molar-refractivity contribution is 5.77. The van der Waals surface area contributed by atoms with Crippen molar-refractivity contribution in [3.8, 4) is 6.07 Å². The van der Waals surface area contributed by atoms with Gasteiger partial charge >= 0.3 is 0 Å². The molecule has 68 valence electrons. The van der Waals surface area contributed by atoms with E-state index in [0.29, 0.717) is 6.42 Å². The summed E-state index contributed by atoms with van der Waals surface area (Å²) in [4.78, 5) is 12.9. The average molecular weight is 168 g/mol. The Kier molecular flexibility index (Phi) is 5.11. The molecule has 0 aliphatic heterocycles. The van der Waals surface area contributed by atoms with Crippen molar-refractivity contribution in [2.45, 2.75) is 26.2 Å². The van der Waals surface area contributed by atoms with Gasteiger partial charge in [-0.15, -0.1) is 0 Å². The van der Waals surface area contributed by atoms with Crippen LogP contribution in [0.5, 0.6) is 0 Å². The molecular weight excluding hydrogens is 152 g/mol. The third kappa shape index (κ3) is 3.97. The molecule has 1 atom stereocenters. The summed E-state index contributed by atoms with van der Waals surface area (Å²) >= 11 is 0. The first-order valence-corrected chi connectivity index (χ1v) is 4.17. The van der Waals surface area contributed by atoms with E-state index in [-0.39, 0.29) is 11.8 Å². The fraction of sp³-hybridized carbons (Fsp3) is 0.778. The SMILES string of the molecule is CC(CCCC#N)C(=O)N(C)C. The third-order valence-electron chi connectivity index (χ3n) is 1.79. The van der Waals surface area contributed by atoms with Gasteiger partial charge in [-0.3, -0.25) is 4.79 Å². The van der Waals surface area contributed by atoms with Crippen LogP contribution in [0.15, 0.2) is 0 Å². The van der Waals surface area contributed by atoms with E-state index in [9.17, 15) is 4.79 Å². The van der Waals surface area contributed by atoms with Gasteiger partial charge in [-0.2, -0.15) is 5.26 Å². The van der Waals surface area contributed by atoms with Crippen molar-refractivity contribution < 1.29 is 4.79 Å². The lowest BCUT2D eigenvalue weighted by molar-refractivity contribution is -0.132. The Labute approximate surface area is 74.0 Å². The van der Waals surface area contributed by atoms with Crippen molar-refractivity contribution in [1.82, 2.24) is 4.90 Å². The maximum Gasteiger partial charge on any atom is 0.224 e. The molecule has 0 aromatic carbocycles. The minimum absolute atomic E-state index is 0.0494. The Bertz CT molecular complexity index is 181. The van der Waals surface area contributed by atoms with Crippen LogP contribution in [-0.4, -0.2) is 24.9 Å². The van der Waals surface area contributed by atoms with Crippen LogP contribution in [0.1, 0.15) is 26.2 Å². The molecule has 1 amide bonds. The minimum atomic E-state index is 0.0494. The van der Waals surface area contributed by atoms with Gasteiger partial charge < -0.3 is 4.90 Å². The predicted molar refractivity (Wildman–Crippen MR) is 47.3 cm³/mol. The molecule has 3 heteroatoms. The van der Waals surface area contributed by atoms with Crippen LogP contribution in [-0.2, 0) is 4.79 Å². The molecule has 0 radical (unpaired) electrons. The summed E-state index contributed by atoms with van der Waals surface area (Å²) in [5.74, 6) is 0.196. The molecule has 0 bridgehead atoms. The summed E-state index contributed by atoms with van der Waals surface area (Å²) in [6.07, 6.45) is 2.17. The van der Waals surface area contributed by atoms with E-state index in [1.165, 1.54) is 0 Å².